The summed E-state index contributed by atoms with van der Waals surface area (Å²) in [5.41, 5.74) is 3.27. The van der Waals surface area contributed by atoms with Crippen LogP contribution in [0.25, 0.3) is 21.3 Å². The molecule has 0 saturated heterocycles. The molecular weight excluding hydrogens is 434 g/mol. The molecule has 1 aliphatic carbocycles. The summed E-state index contributed by atoms with van der Waals surface area (Å²) in [6.45, 7) is 10.1. The van der Waals surface area contributed by atoms with Crippen molar-refractivity contribution < 1.29 is 14.6 Å². The summed E-state index contributed by atoms with van der Waals surface area (Å²) in [6, 6.07) is 8.03. The number of carbonyl (C=O) groups is 1. The summed E-state index contributed by atoms with van der Waals surface area (Å²) >= 11 is 1.71. The van der Waals surface area contributed by atoms with E-state index in [0.29, 0.717) is 6.54 Å². The molecule has 0 fully saturated rings. The molecule has 0 radical (unpaired) electrons. The second-order valence-electron chi connectivity index (χ2n) is 9.95. The summed E-state index contributed by atoms with van der Waals surface area (Å²) in [5, 5.41) is 11.3. The molecule has 0 spiro atoms. The van der Waals surface area contributed by atoms with Crippen LogP contribution in [-0.2, 0) is 28.9 Å². The Bertz CT molecular complexity index is 1240. The number of benzene rings is 1. The van der Waals surface area contributed by atoms with E-state index in [2.05, 4.69) is 0 Å². The van der Waals surface area contributed by atoms with Gasteiger partial charge in [0.25, 0.3) is 5.56 Å². The Morgan fingerprint density at radius 3 is 2.45 bits per heavy atom. The van der Waals surface area contributed by atoms with Crippen molar-refractivity contribution in [1.82, 2.24) is 4.57 Å². The largest absolute Gasteiger partial charge is 0.479 e. The molecule has 1 aromatic carbocycles. The van der Waals surface area contributed by atoms with Gasteiger partial charge in [0, 0.05) is 22.4 Å². The third-order valence-electron chi connectivity index (χ3n) is 6.14. The number of thiophene rings is 1. The van der Waals surface area contributed by atoms with Gasteiger partial charge in [0.1, 0.15) is 4.83 Å². The lowest BCUT2D eigenvalue weighted by molar-refractivity contribution is -0.160. The van der Waals surface area contributed by atoms with E-state index in [-0.39, 0.29) is 11.1 Å². The summed E-state index contributed by atoms with van der Waals surface area (Å²) in [4.78, 5) is 28.8. The van der Waals surface area contributed by atoms with Gasteiger partial charge in [-0.1, -0.05) is 36.8 Å². The molecule has 5 nitrogen and oxygen atoms in total. The molecule has 2 aromatic heterocycles. The van der Waals surface area contributed by atoms with Crippen LogP contribution in [0.5, 0.6) is 0 Å². The van der Waals surface area contributed by atoms with E-state index < -0.39 is 17.7 Å². The maximum absolute atomic E-state index is 14.0. The van der Waals surface area contributed by atoms with Gasteiger partial charge >= 0.3 is 5.97 Å². The third-order valence-corrected chi connectivity index (χ3v) is 7.45. The highest BCUT2D eigenvalue weighted by atomic mass is 32.1. The van der Waals surface area contributed by atoms with Crippen LogP contribution in [0.1, 0.15) is 74.6 Å². The zero-order valence-electron chi connectivity index (χ0n) is 20.2. The fourth-order valence-corrected chi connectivity index (χ4v) is 6.17. The van der Waals surface area contributed by atoms with Gasteiger partial charge in [-0.3, -0.25) is 9.36 Å². The highest BCUT2D eigenvalue weighted by Crippen LogP contribution is 2.44. The summed E-state index contributed by atoms with van der Waals surface area (Å²) < 4.78 is 7.84. The fraction of sp³-hybridized carbons (Fsp3) is 0.481. The van der Waals surface area contributed by atoms with Crippen molar-refractivity contribution >= 4 is 27.5 Å². The Hall–Kier alpha value is -2.44. The lowest BCUT2D eigenvalue weighted by atomic mass is 9.88. The van der Waals surface area contributed by atoms with Crippen molar-refractivity contribution in [3.05, 3.63) is 56.2 Å². The fourth-order valence-electron chi connectivity index (χ4n) is 4.75. The molecule has 33 heavy (non-hydrogen) atoms. The number of nitrogens with zero attached hydrogens (tertiary/aromatic N) is 1. The van der Waals surface area contributed by atoms with Gasteiger partial charge in [0.2, 0.25) is 0 Å². The molecule has 0 amide bonds. The first-order chi connectivity index (χ1) is 15.6. The smallest absolute Gasteiger partial charge is 0.337 e. The van der Waals surface area contributed by atoms with Gasteiger partial charge in [0.15, 0.2) is 6.10 Å². The summed E-state index contributed by atoms with van der Waals surface area (Å²) in [6.07, 6.45) is 3.66. The maximum Gasteiger partial charge on any atom is 0.337 e. The zero-order chi connectivity index (χ0) is 23.9. The Balaban J connectivity index is 2.18. The average Bonchev–Trinajstić information content (AvgIpc) is 3.13. The number of pyridine rings is 1. The lowest BCUT2D eigenvalue weighted by Gasteiger charge is -2.27. The summed E-state index contributed by atoms with van der Waals surface area (Å²) in [7, 11) is 0. The number of aliphatic carboxylic acids is 1. The van der Waals surface area contributed by atoms with Crippen LogP contribution in [0.3, 0.4) is 0 Å². The third kappa shape index (κ3) is 4.51. The van der Waals surface area contributed by atoms with Crippen LogP contribution in [0.15, 0.2) is 29.1 Å². The van der Waals surface area contributed by atoms with Gasteiger partial charge in [0.05, 0.1) is 11.2 Å². The first kappa shape index (κ1) is 23.7. The van der Waals surface area contributed by atoms with E-state index in [9.17, 15) is 14.7 Å². The average molecular weight is 468 g/mol. The minimum Gasteiger partial charge on any atom is -0.479 e. The number of rotatable bonds is 6. The standard InChI is InChI=1S/C27H33NO4S/c1-6-15-28-24(29)22(23(26(30)31)32-27(3,4)5)20(17-13-11-16(2)12-14-17)21-18-9-7-8-10-19(18)33-25(21)28/h11-14,23H,6-10,15H2,1-5H3,(H,30,31). The van der Waals surface area contributed by atoms with Crippen LogP contribution in [0.2, 0.25) is 0 Å². The minimum absolute atomic E-state index is 0.244. The molecule has 0 saturated carbocycles. The van der Waals surface area contributed by atoms with Crippen LogP contribution < -0.4 is 5.56 Å². The quantitative estimate of drug-likeness (QED) is 0.464. The molecule has 1 aliphatic rings. The molecule has 176 valence electrons. The predicted molar refractivity (Wildman–Crippen MR) is 134 cm³/mol. The lowest BCUT2D eigenvalue weighted by Crippen LogP contribution is -2.34. The minimum atomic E-state index is -1.35. The molecule has 3 aromatic rings. The van der Waals surface area contributed by atoms with Crippen LogP contribution in [-0.4, -0.2) is 21.2 Å². The number of hydrogen-bond donors (Lipinski definition) is 1. The van der Waals surface area contributed by atoms with Crippen LogP contribution >= 0.6 is 11.3 Å². The number of fused-ring (bicyclic) bond motifs is 3. The normalized spacial score (nSPS) is 14.9. The Kier molecular flexibility index (Phi) is 6.52. The molecule has 4 rings (SSSR count). The van der Waals surface area contributed by atoms with E-state index in [1.807, 2.05) is 58.9 Å². The number of aryl methyl sites for hydroxylation is 4. The van der Waals surface area contributed by atoms with Crippen LogP contribution in [0, 0.1) is 6.92 Å². The molecule has 2 heterocycles. The maximum atomic E-state index is 14.0. The highest BCUT2D eigenvalue weighted by molar-refractivity contribution is 7.19. The Morgan fingerprint density at radius 1 is 1.18 bits per heavy atom. The molecule has 6 heteroatoms. The Morgan fingerprint density at radius 2 is 1.85 bits per heavy atom. The van der Waals surface area contributed by atoms with Crippen molar-refractivity contribution in [2.24, 2.45) is 0 Å². The molecule has 1 atom stereocenters. The first-order valence-corrected chi connectivity index (χ1v) is 12.6. The topological polar surface area (TPSA) is 68.5 Å². The second-order valence-corrected chi connectivity index (χ2v) is 11.0. The highest BCUT2D eigenvalue weighted by Gasteiger charge is 2.35. The number of carboxylic acid groups (broad SMARTS) is 1. The van der Waals surface area contributed by atoms with E-state index in [0.717, 1.165) is 59.0 Å². The van der Waals surface area contributed by atoms with Crippen molar-refractivity contribution in [3.8, 4) is 11.1 Å². The van der Waals surface area contributed by atoms with Gasteiger partial charge in [-0.25, -0.2) is 4.79 Å². The van der Waals surface area contributed by atoms with E-state index >= 15 is 0 Å². The van der Waals surface area contributed by atoms with Crippen molar-refractivity contribution in [1.29, 1.82) is 0 Å². The molecule has 1 unspecified atom stereocenters. The summed E-state index contributed by atoms with van der Waals surface area (Å²) in [5.74, 6) is -1.14. The number of aromatic nitrogens is 1. The molecule has 1 N–H and O–H groups in total. The van der Waals surface area contributed by atoms with Crippen molar-refractivity contribution in [3.63, 3.8) is 0 Å². The molecule has 0 aliphatic heterocycles. The number of carboxylic acids is 1. The van der Waals surface area contributed by atoms with Crippen molar-refractivity contribution in [2.45, 2.75) is 85.0 Å². The van der Waals surface area contributed by atoms with Gasteiger partial charge in [-0.15, -0.1) is 11.3 Å². The monoisotopic (exact) mass is 467 g/mol. The van der Waals surface area contributed by atoms with E-state index in [1.54, 1.807) is 15.9 Å². The van der Waals surface area contributed by atoms with Gasteiger partial charge < -0.3 is 9.84 Å². The zero-order valence-corrected chi connectivity index (χ0v) is 21.0. The van der Waals surface area contributed by atoms with Gasteiger partial charge in [-0.05, 0) is 70.9 Å². The van der Waals surface area contributed by atoms with E-state index in [4.69, 9.17) is 4.74 Å². The number of hydrogen-bond acceptors (Lipinski definition) is 4. The van der Waals surface area contributed by atoms with Gasteiger partial charge in [-0.2, -0.15) is 0 Å². The van der Waals surface area contributed by atoms with Crippen molar-refractivity contribution in [2.75, 3.05) is 0 Å². The van der Waals surface area contributed by atoms with Crippen LogP contribution in [0.4, 0.5) is 0 Å². The second kappa shape index (κ2) is 9.07. The SMILES string of the molecule is CCCn1c(=O)c(C(OC(C)(C)C)C(=O)O)c(-c2ccc(C)cc2)c2c3c(sc21)CCCC3. The predicted octanol–water partition coefficient (Wildman–Crippen LogP) is 6.27. The Labute approximate surface area is 199 Å². The molecule has 0 bridgehead atoms. The first-order valence-electron chi connectivity index (χ1n) is 11.8. The van der Waals surface area contributed by atoms with E-state index in [1.165, 1.54) is 10.4 Å². The number of ether oxygens (including phenoxy) is 1. The molecular formula is C27H33NO4S.